The molecule has 5 heteroatoms. The van der Waals surface area contributed by atoms with Gasteiger partial charge in [-0.3, -0.25) is 4.79 Å². The van der Waals surface area contributed by atoms with Gasteiger partial charge in [0.25, 0.3) is 0 Å². The SMILES string of the molecule is CCN(CC)CCC(=O)Nc1cccc(Cl)c1Cl. The molecule has 3 nitrogen and oxygen atoms in total. The van der Waals surface area contributed by atoms with Crippen molar-refractivity contribution >= 4 is 34.8 Å². The molecule has 0 heterocycles. The van der Waals surface area contributed by atoms with Crippen LogP contribution >= 0.6 is 23.2 Å². The average Bonchev–Trinajstić information content (AvgIpc) is 2.36. The lowest BCUT2D eigenvalue weighted by Crippen LogP contribution is -2.27. The first-order valence-electron chi connectivity index (χ1n) is 6.04. The lowest BCUT2D eigenvalue weighted by molar-refractivity contribution is -0.116. The van der Waals surface area contributed by atoms with E-state index in [0.29, 0.717) is 22.2 Å². The molecule has 0 fully saturated rings. The molecule has 0 saturated carbocycles. The second-order valence-electron chi connectivity index (χ2n) is 3.93. The van der Waals surface area contributed by atoms with Crippen molar-refractivity contribution in [3.05, 3.63) is 28.2 Å². The average molecular weight is 289 g/mol. The van der Waals surface area contributed by atoms with Crippen LogP contribution in [-0.4, -0.2) is 30.4 Å². The fourth-order valence-electron chi connectivity index (χ4n) is 1.61. The largest absolute Gasteiger partial charge is 0.325 e. The zero-order chi connectivity index (χ0) is 13.5. The van der Waals surface area contributed by atoms with Crippen molar-refractivity contribution in [3.63, 3.8) is 0 Å². The molecule has 0 radical (unpaired) electrons. The zero-order valence-electron chi connectivity index (χ0n) is 10.7. The Morgan fingerprint density at radius 3 is 2.56 bits per heavy atom. The number of benzene rings is 1. The molecule has 0 spiro atoms. The Kier molecular flexibility index (Phi) is 6.47. The highest BCUT2D eigenvalue weighted by molar-refractivity contribution is 6.43. The molecule has 1 rings (SSSR count). The van der Waals surface area contributed by atoms with E-state index in [4.69, 9.17) is 23.2 Å². The van der Waals surface area contributed by atoms with Crippen LogP contribution in [0.15, 0.2) is 18.2 Å². The van der Waals surface area contributed by atoms with Gasteiger partial charge >= 0.3 is 0 Å². The van der Waals surface area contributed by atoms with Gasteiger partial charge in [0.05, 0.1) is 15.7 Å². The van der Waals surface area contributed by atoms with Crippen LogP contribution in [0.2, 0.25) is 10.0 Å². The third-order valence-corrected chi connectivity index (χ3v) is 3.59. The third-order valence-electron chi connectivity index (χ3n) is 2.78. The molecule has 0 saturated heterocycles. The van der Waals surface area contributed by atoms with Crippen molar-refractivity contribution in [2.75, 3.05) is 25.0 Å². The van der Waals surface area contributed by atoms with Gasteiger partial charge in [-0.2, -0.15) is 0 Å². The fraction of sp³-hybridized carbons (Fsp3) is 0.462. The maximum Gasteiger partial charge on any atom is 0.225 e. The van der Waals surface area contributed by atoms with Crippen molar-refractivity contribution in [1.29, 1.82) is 0 Å². The summed E-state index contributed by atoms with van der Waals surface area (Å²) >= 11 is 11.9. The lowest BCUT2D eigenvalue weighted by atomic mass is 10.3. The van der Waals surface area contributed by atoms with Gasteiger partial charge in [-0.15, -0.1) is 0 Å². The van der Waals surface area contributed by atoms with Crippen LogP contribution in [0.1, 0.15) is 20.3 Å². The molecule has 0 aromatic heterocycles. The molecule has 100 valence electrons. The molecule has 0 bridgehead atoms. The third kappa shape index (κ3) is 4.48. The molecule has 0 aliphatic heterocycles. The molecule has 0 aliphatic rings. The number of halogens is 2. The topological polar surface area (TPSA) is 32.3 Å². The van der Waals surface area contributed by atoms with Crippen LogP contribution < -0.4 is 5.32 Å². The summed E-state index contributed by atoms with van der Waals surface area (Å²) in [5.74, 6) is -0.0499. The summed E-state index contributed by atoms with van der Waals surface area (Å²) in [5.41, 5.74) is 0.564. The molecule has 1 aromatic carbocycles. The Hall–Kier alpha value is -0.770. The van der Waals surface area contributed by atoms with Crippen LogP contribution in [0.5, 0.6) is 0 Å². The van der Waals surface area contributed by atoms with E-state index in [-0.39, 0.29) is 5.91 Å². The van der Waals surface area contributed by atoms with Crippen molar-refractivity contribution in [3.8, 4) is 0 Å². The predicted molar refractivity (Wildman–Crippen MR) is 77.5 cm³/mol. The summed E-state index contributed by atoms with van der Waals surface area (Å²) in [6.07, 6.45) is 0.449. The molecule has 0 aliphatic carbocycles. The van der Waals surface area contributed by atoms with Gasteiger partial charge in [0, 0.05) is 13.0 Å². The lowest BCUT2D eigenvalue weighted by Gasteiger charge is -2.17. The Balaban J connectivity index is 2.52. The van der Waals surface area contributed by atoms with Crippen molar-refractivity contribution < 1.29 is 4.79 Å². The molecular weight excluding hydrogens is 271 g/mol. The van der Waals surface area contributed by atoms with Gasteiger partial charge < -0.3 is 10.2 Å². The Morgan fingerprint density at radius 2 is 1.94 bits per heavy atom. The number of carbonyl (C=O) groups is 1. The molecule has 0 unspecified atom stereocenters. The van der Waals surface area contributed by atoms with E-state index < -0.39 is 0 Å². The van der Waals surface area contributed by atoms with Gasteiger partial charge in [0.1, 0.15) is 0 Å². The number of carbonyl (C=O) groups excluding carboxylic acids is 1. The predicted octanol–water partition coefficient (Wildman–Crippen LogP) is 3.66. The standard InChI is InChI=1S/C13H18Cl2N2O/c1-3-17(4-2)9-8-12(18)16-11-7-5-6-10(14)13(11)15/h5-7H,3-4,8-9H2,1-2H3,(H,16,18). The number of anilines is 1. The number of hydrogen-bond donors (Lipinski definition) is 1. The minimum absolute atomic E-state index is 0.0499. The smallest absolute Gasteiger partial charge is 0.225 e. The maximum atomic E-state index is 11.8. The van der Waals surface area contributed by atoms with Gasteiger partial charge in [-0.1, -0.05) is 43.1 Å². The van der Waals surface area contributed by atoms with Crippen molar-refractivity contribution in [2.24, 2.45) is 0 Å². The van der Waals surface area contributed by atoms with Crippen LogP contribution in [0, 0.1) is 0 Å². The van der Waals surface area contributed by atoms with Crippen LogP contribution in [0.4, 0.5) is 5.69 Å². The van der Waals surface area contributed by atoms with Gasteiger partial charge in [-0.25, -0.2) is 0 Å². The molecule has 18 heavy (non-hydrogen) atoms. The summed E-state index contributed by atoms with van der Waals surface area (Å²) in [4.78, 5) is 14.0. The minimum Gasteiger partial charge on any atom is -0.325 e. The fourth-order valence-corrected chi connectivity index (χ4v) is 1.96. The summed E-state index contributed by atoms with van der Waals surface area (Å²) in [6, 6.07) is 5.19. The molecular formula is C13H18Cl2N2O. The van der Waals surface area contributed by atoms with Gasteiger partial charge in [0.15, 0.2) is 0 Å². The minimum atomic E-state index is -0.0499. The van der Waals surface area contributed by atoms with E-state index in [1.54, 1.807) is 18.2 Å². The number of hydrogen-bond acceptors (Lipinski definition) is 2. The zero-order valence-corrected chi connectivity index (χ0v) is 12.2. The summed E-state index contributed by atoms with van der Waals surface area (Å²) in [6.45, 7) is 6.80. The molecule has 1 aromatic rings. The van der Waals surface area contributed by atoms with E-state index in [1.165, 1.54) is 0 Å². The Morgan fingerprint density at radius 1 is 1.28 bits per heavy atom. The van der Waals surface area contributed by atoms with E-state index in [0.717, 1.165) is 19.6 Å². The quantitative estimate of drug-likeness (QED) is 0.866. The number of rotatable bonds is 6. The second kappa shape index (κ2) is 7.62. The first kappa shape index (κ1) is 15.3. The number of amides is 1. The second-order valence-corrected chi connectivity index (χ2v) is 4.71. The van der Waals surface area contributed by atoms with Crippen molar-refractivity contribution in [1.82, 2.24) is 4.90 Å². The van der Waals surface area contributed by atoms with Crippen LogP contribution in [0.3, 0.4) is 0 Å². The van der Waals surface area contributed by atoms with E-state index >= 15 is 0 Å². The number of nitrogens with zero attached hydrogens (tertiary/aromatic N) is 1. The maximum absolute atomic E-state index is 11.8. The van der Waals surface area contributed by atoms with E-state index in [2.05, 4.69) is 24.1 Å². The monoisotopic (exact) mass is 288 g/mol. The first-order chi connectivity index (χ1) is 8.58. The van der Waals surface area contributed by atoms with Crippen LogP contribution in [-0.2, 0) is 4.79 Å². The Bertz CT molecular complexity index is 406. The molecule has 1 amide bonds. The summed E-state index contributed by atoms with van der Waals surface area (Å²) in [7, 11) is 0. The molecule has 0 atom stereocenters. The highest BCUT2D eigenvalue weighted by Crippen LogP contribution is 2.29. The van der Waals surface area contributed by atoms with Gasteiger partial charge in [-0.05, 0) is 25.2 Å². The Labute approximate surface area is 118 Å². The highest BCUT2D eigenvalue weighted by Gasteiger charge is 2.09. The van der Waals surface area contributed by atoms with Crippen molar-refractivity contribution in [2.45, 2.75) is 20.3 Å². The van der Waals surface area contributed by atoms with Gasteiger partial charge in [0.2, 0.25) is 5.91 Å². The first-order valence-corrected chi connectivity index (χ1v) is 6.80. The highest BCUT2D eigenvalue weighted by atomic mass is 35.5. The normalized spacial score (nSPS) is 10.7. The van der Waals surface area contributed by atoms with E-state index in [9.17, 15) is 4.79 Å². The van der Waals surface area contributed by atoms with Crippen LogP contribution in [0.25, 0.3) is 0 Å². The summed E-state index contributed by atoms with van der Waals surface area (Å²) < 4.78 is 0. The number of nitrogens with one attached hydrogen (secondary N) is 1. The molecule has 1 N–H and O–H groups in total. The van der Waals surface area contributed by atoms with E-state index in [1.807, 2.05) is 0 Å². The summed E-state index contributed by atoms with van der Waals surface area (Å²) in [5, 5.41) is 3.60.